The zero-order chi connectivity index (χ0) is 15.1. The van der Waals surface area contributed by atoms with E-state index in [1.54, 1.807) is 12.3 Å². The zero-order valence-electron chi connectivity index (χ0n) is 12.7. The standard InChI is InChI=1S/C18H22N2O/c1-20(2)17(12-15-8-4-3-5-9-15)14-19-13-16-10-6-7-11-18(16)21/h3-11,13,17,21H,12,14H2,1-2H3/p+1/t17-/m0/s1. The largest absolute Gasteiger partial charge is 0.507 e. The summed E-state index contributed by atoms with van der Waals surface area (Å²) in [6.07, 6.45) is 2.76. The van der Waals surface area contributed by atoms with E-state index in [-0.39, 0.29) is 5.75 Å². The van der Waals surface area contributed by atoms with Crippen molar-refractivity contribution in [1.82, 2.24) is 0 Å². The van der Waals surface area contributed by atoms with Gasteiger partial charge in [0.05, 0.1) is 20.6 Å². The predicted octanol–water partition coefficient (Wildman–Crippen LogP) is 1.57. The van der Waals surface area contributed by atoms with E-state index in [9.17, 15) is 5.11 Å². The van der Waals surface area contributed by atoms with Crippen molar-refractivity contribution < 1.29 is 10.0 Å². The summed E-state index contributed by atoms with van der Waals surface area (Å²) >= 11 is 0. The van der Waals surface area contributed by atoms with Crippen LogP contribution >= 0.6 is 0 Å². The van der Waals surface area contributed by atoms with Gasteiger partial charge in [-0.3, -0.25) is 4.99 Å². The van der Waals surface area contributed by atoms with E-state index >= 15 is 0 Å². The van der Waals surface area contributed by atoms with E-state index in [1.165, 1.54) is 10.5 Å². The number of rotatable bonds is 6. The van der Waals surface area contributed by atoms with Gasteiger partial charge in [-0.15, -0.1) is 0 Å². The highest BCUT2D eigenvalue weighted by Crippen LogP contribution is 2.12. The lowest BCUT2D eigenvalue weighted by molar-refractivity contribution is -0.883. The number of quaternary nitrogens is 1. The molecule has 0 saturated heterocycles. The summed E-state index contributed by atoms with van der Waals surface area (Å²) in [5, 5.41) is 9.72. The number of likely N-dealkylation sites (N-methyl/N-ethyl adjacent to an activating group) is 1. The summed E-state index contributed by atoms with van der Waals surface area (Å²) in [4.78, 5) is 5.90. The van der Waals surface area contributed by atoms with Gasteiger partial charge in [-0.2, -0.15) is 0 Å². The van der Waals surface area contributed by atoms with Gasteiger partial charge in [0.25, 0.3) is 0 Å². The van der Waals surface area contributed by atoms with E-state index in [0.29, 0.717) is 6.04 Å². The van der Waals surface area contributed by atoms with Crippen molar-refractivity contribution >= 4 is 6.21 Å². The minimum absolute atomic E-state index is 0.276. The number of hydrogen-bond acceptors (Lipinski definition) is 2. The summed E-state index contributed by atoms with van der Waals surface area (Å²) in [6.45, 7) is 0.742. The lowest BCUT2D eigenvalue weighted by Crippen LogP contribution is -3.11. The summed E-state index contributed by atoms with van der Waals surface area (Å²) < 4.78 is 0. The fourth-order valence-electron chi connectivity index (χ4n) is 2.22. The van der Waals surface area contributed by atoms with Crippen LogP contribution in [0.15, 0.2) is 59.6 Å². The molecule has 110 valence electrons. The summed E-state index contributed by atoms with van der Waals surface area (Å²) in [6, 6.07) is 18.2. The quantitative estimate of drug-likeness (QED) is 0.776. The molecule has 0 heterocycles. The van der Waals surface area contributed by atoms with Crippen LogP contribution in [0.25, 0.3) is 0 Å². The van der Waals surface area contributed by atoms with Crippen molar-refractivity contribution in [3.8, 4) is 5.75 Å². The Morgan fingerprint density at radius 3 is 2.38 bits per heavy atom. The Balaban J connectivity index is 1.99. The molecule has 21 heavy (non-hydrogen) atoms. The Bertz CT molecular complexity index is 579. The second-order valence-corrected chi connectivity index (χ2v) is 5.52. The van der Waals surface area contributed by atoms with Crippen molar-refractivity contribution in [2.24, 2.45) is 4.99 Å². The summed E-state index contributed by atoms with van der Waals surface area (Å²) in [7, 11) is 4.31. The van der Waals surface area contributed by atoms with Crippen molar-refractivity contribution in [2.45, 2.75) is 12.5 Å². The Morgan fingerprint density at radius 1 is 1.05 bits per heavy atom. The Labute approximate surface area is 126 Å². The molecule has 0 saturated carbocycles. The van der Waals surface area contributed by atoms with Gasteiger partial charge in [0, 0.05) is 18.2 Å². The number of hydrogen-bond donors (Lipinski definition) is 2. The molecule has 0 aliphatic carbocycles. The lowest BCUT2D eigenvalue weighted by atomic mass is 10.1. The number of phenols is 1. The van der Waals surface area contributed by atoms with Gasteiger partial charge in [0.15, 0.2) is 0 Å². The van der Waals surface area contributed by atoms with Crippen LogP contribution in [0.3, 0.4) is 0 Å². The number of benzene rings is 2. The van der Waals surface area contributed by atoms with Crippen LogP contribution in [0.5, 0.6) is 5.75 Å². The van der Waals surface area contributed by atoms with Gasteiger partial charge in [-0.1, -0.05) is 42.5 Å². The highest BCUT2D eigenvalue weighted by atomic mass is 16.3. The molecule has 2 N–H and O–H groups in total. The molecule has 1 atom stereocenters. The zero-order valence-corrected chi connectivity index (χ0v) is 12.7. The van der Waals surface area contributed by atoms with E-state index in [0.717, 1.165) is 18.5 Å². The molecule has 2 aromatic rings. The van der Waals surface area contributed by atoms with Crippen LogP contribution in [0, 0.1) is 0 Å². The Hall–Kier alpha value is -2.13. The molecule has 0 aliphatic heterocycles. The van der Waals surface area contributed by atoms with Crippen molar-refractivity contribution in [3.05, 3.63) is 65.7 Å². The number of aromatic hydroxyl groups is 1. The van der Waals surface area contributed by atoms with Crippen molar-refractivity contribution in [3.63, 3.8) is 0 Å². The number of nitrogens with one attached hydrogen (secondary N) is 1. The molecule has 0 aliphatic rings. The van der Waals surface area contributed by atoms with E-state index in [1.807, 2.05) is 24.3 Å². The second kappa shape index (κ2) is 7.60. The van der Waals surface area contributed by atoms with Gasteiger partial charge < -0.3 is 10.0 Å². The minimum atomic E-state index is 0.276. The third-order valence-electron chi connectivity index (χ3n) is 3.63. The first-order valence-electron chi connectivity index (χ1n) is 7.28. The topological polar surface area (TPSA) is 37.0 Å². The van der Waals surface area contributed by atoms with Gasteiger partial charge >= 0.3 is 0 Å². The smallest absolute Gasteiger partial charge is 0.124 e. The number of nitrogens with zero attached hydrogens (tertiary/aromatic N) is 1. The highest BCUT2D eigenvalue weighted by Gasteiger charge is 2.14. The van der Waals surface area contributed by atoms with Gasteiger partial charge in [0.2, 0.25) is 0 Å². The van der Waals surface area contributed by atoms with Crippen LogP contribution in [0.1, 0.15) is 11.1 Å². The van der Waals surface area contributed by atoms with Crippen LogP contribution in [0.4, 0.5) is 0 Å². The molecule has 0 unspecified atom stereocenters. The maximum absolute atomic E-state index is 9.72. The predicted molar refractivity (Wildman–Crippen MR) is 87.3 cm³/mol. The summed E-state index contributed by atoms with van der Waals surface area (Å²) in [5.41, 5.74) is 2.10. The first-order chi connectivity index (χ1) is 10.2. The fourth-order valence-corrected chi connectivity index (χ4v) is 2.22. The molecule has 2 rings (SSSR count). The molecule has 0 spiro atoms. The maximum atomic E-state index is 9.72. The molecule has 0 aromatic heterocycles. The van der Waals surface area contributed by atoms with E-state index < -0.39 is 0 Å². The lowest BCUT2D eigenvalue weighted by Gasteiger charge is -2.19. The molecule has 0 amide bonds. The monoisotopic (exact) mass is 283 g/mol. The Morgan fingerprint density at radius 2 is 1.71 bits per heavy atom. The molecular weight excluding hydrogens is 260 g/mol. The summed E-state index contributed by atoms with van der Waals surface area (Å²) in [5.74, 6) is 0.276. The first kappa shape index (κ1) is 15.3. The third-order valence-corrected chi connectivity index (χ3v) is 3.63. The normalized spacial score (nSPS) is 12.9. The van der Waals surface area contributed by atoms with Crippen LogP contribution in [-0.2, 0) is 6.42 Å². The molecular formula is C18H23N2O+. The second-order valence-electron chi connectivity index (χ2n) is 5.52. The van der Waals surface area contributed by atoms with Crippen LogP contribution in [-0.4, -0.2) is 38.0 Å². The molecule has 0 fully saturated rings. The van der Waals surface area contributed by atoms with Crippen LogP contribution in [0.2, 0.25) is 0 Å². The van der Waals surface area contributed by atoms with Crippen molar-refractivity contribution in [1.29, 1.82) is 0 Å². The maximum Gasteiger partial charge on any atom is 0.124 e. The fraction of sp³-hybridized carbons (Fsp3) is 0.278. The van der Waals surface area contributed by atoms with Gasteiger partial charge in [-0.05, 0) is 17.7 Å². The van der Waals surface area contributed by atoms with Crippen molar-refractivity contribution in [2.75, 3.05) is 20.6 Å². The molecule has 2 aromatic carbocycles. The SMILES string of the molecule is C[NH+](C)[C@H](CN=Cc1ccccc1O)Cc1ccccc1. The molecule has 3 heteroatoms. The van der Waals surface area contributed by atoms with Gasteiger partial charge in [-0.25, -0.2) is 0 Å². The Kier molecular flexibility index (Phi) is 5.52. The molecule has 3 nitrogen and oxygen atoms in total. The number of phenolic OH excluding ortho intramolecular Hbond substituents is 1. The highest BCUT2D eigenvalue weighted by molar-refractivity contribution is 5.83. The van der Waals surface area contributed by atoms with E-state index in [2.05, 4.69) is 43.4 Å². The van der Waals surface area contributed by atoms with Gasteiger partial charge in [0.1, 0.15) is 11.8 Å². The molecule has 0 radical (unpaired) electrons. The number of aliphatic imine (C=N–C) groups is 1. The first-order valence-corrected chi connectivity index (χ1v) is 7.28. The third kappa shape index (κ3) is 4.72. The average molecular weight is 283 g/mol. The van der Waals surface area contributed by atoms with E-state index in [4.69, 9.17) is 0 Å². The van der Waals surface area contributed by atoms with Crippen LogP contribution < -0.4 is 4.90 Å². The number of para-hydroxylation sites is 1. The minimum Gasteiger partial charge on any atom is -0.507 e. The average Bonchev–Trinajstić information content (AvgIpc) is 2.49. The molecule has 0 bridgehead atoms.